The lowest BCUT2D eigenvalue weighted by Crippen LogP contribution is -2.39. The Morgan fingerprint density at radius 1 is 1.16 bits per heavy atom. The number of aromatic nitrogens is 4. The third-order valence-electron chi connectivity index (χ3n) is 6.38. The summed E-state index contributed by atoms with van der Waals surface area (Å²) in [5.41, 5.74) is 8.29. The van der Waals surface area contributed by atoms with E-state index in [1.54, 1.807) is 30.5 Å². The Morgan fingerprint density at radius 2 is 2.03 bits per heavy atom. The molecule has 10 nitrogen and oxygen atoms in total. The number of likely N-dealkylation sites (tertiary alicyclic amines) is 1. The highest BCUT2D eigenvalue weighted by atomic mass is 19.1. The van der Waals surface area contributed by atoms with Gasteiger partial charge in [0.25, 0.3) is 0 Å². The number of carbonyl (C=O) groups is 1. The molecule has 4 heterocycles. The number of H-pyrrole nitrogens is 1. The Labute approximate surface area is 213 Å². The van der Waals surface area contributed by atoms with Crippen molar-refractivity contribution in [3.05, 3.63) is 54.2 Å². The number of ether oxygens (including phenoxy) is 2. The van der Waals surface area contributed by atoms with Crippen molar-refractivity contribution in [3.8, 4) is 5.88 Å². The van der Waals surface area contributed by atoms with Crippen LogP contribution in [0, 0.1) is 5.82 Å². The van der Waals surface area contributed by atoms with Gasteiger partial charge >= 0.3 is 6.09 Å². The third-order valence-corrected chi connectivity index (χ3v) is 6.38. The minimum absolute atomic E-state index is 0.173. The number of carbonyl (C=O) groups excluding carboxylic acids is 1. The molecule has 1 aromatic carbocycles. The number of piperidine rings is 1. The zero-order valence-corrected chi connectivity index (χ0v) is 20.5. The van der Waals surface area contributed by atoms with Gasteiger partial charge in [0.1, 0.15) is 23.0 Å². The first-order chi connectivity index (χ1) is 18.1. The standard InChI is InChI=1S/C26H30FN7O3/c27-18-3-1-4-20-24(18)32-22(30-20)10-15-34-13-8-17(9-14-34)37-26(35)31-21-7-12-29-19-5-6-23(33-25(19)21)36-16-2-11-28/h1,3-7,12,17H,2,8-11,13-16,28H2,(H,30,32)(H,29,31,35). The molecular formula is C26H30FN7O3. The molecule has 1 aliphatic heterocycles. The quantitative estimate of drug-likeness (QED) is 0.293. The fraction of sp³-hybridized carbons (Fsp3) is 0.385. The maximum Gasteiger partial charge on any atom is 0.411 e. The SMILES string of the molecule is NCCCOc1ccc2nccc(NC(=O)OC3CCN(CCc4nc5c(F)cccc5[nH]4)CC3)c2n1. The van der Waals surface area contributed by atoms with E-state index in [-0.39, 0.29) is 11.9 Å². The number of anilines is 1. The van der Waals surface area contributed by atoms with Crippen LogP contribution in [0.1, 0.15) is 25.1 Å². The first kappa shape index (κ1) is 24.8. The van der Waals surface area contributed by atoms with Gasteiger partial charge in [0.15, 0.2) is 5.82 Å². The lowest BCUT2D eigenvalue weighted by Gasteiger charge is -2.31. The van der Waals surface area contributed by atoms with Gasteiger partial charge in [-0.1, -0.05) is 6.07 Å². The van der Waals surface area contributed by atoms with Crippen LogP contribution in [-0.2, 0) is 11.2 Å². The van der Waals surface area contributed by atoms with E-state index in [2.05, 4.69) is 30.2 Å². The molecule has 0 unspecified atom stereocenters. The second kappa shape index (κ2) is 11.5. The summed E-state index contributed by atoms with van der Waals surface area (Å²) in [6.07, 6.45) is 3.80. The van der Waals surface area contributed by atoms with Crippen LogP contribution in [0.2, 0.25) is 0 Å². The molecule has 3 aromatic heterocycles. The molecule has 0 atom stereocenters. The van der Waals surface area contributed by atoms with Gasteiger partial charge in [0.2, 0.25) is 5.88 Å². The highest BCUT2D eigenvalue weighted by Gasteiger charge is 2.23. The summed E-state index contributed by atoms with van der Waals surface area (Å²) in [6.45, 7) is 3.40. The van der Waals surface area contributed by atoms with Crippen LogP contribution < -0.4 is 15.8 Å². The monoisotopic (exact) mass is 507 g/mol. The van der Waals surface area contributed by atoms with Gasteiger partial charge in [-0.25, -0.2) is 19.2 Å². The van der Waals surface area contributed by atoms with Crippen LogP contribution in [0.25, 0.3) is 22.1 Å². The van der Waals surface area contributed by atoms with Crippen LogP contribution in [-0.4, -0.2) is 69.8 Å². The number of hydrogen-bond donors (Lipinski definition) is 3. The van der Waals surface area contributed by atoms with Crippen LogP contribution in [0.15, 0.2) is 42.6 Å². The molecule has 194 valence electrons. The van der Waals surface area contributed by atoms with Gasteiger partial charge in [-0.05, 0) is 50.1 Å². The van der Waals surface area contributed by atoms with Gasteiger partial charge in [-0.3, -0.25) is 10.3 Å². The molecule has 0 saturated carbocycles. The van der Waals surface area contributed by atoms with Crippen LogP contribution in [0.3, 0.4) is 0 Å². The summed E-state index contributed by atoms with van der Waals surface area (Å²) in [6, 6.07) is 10.1. The molecule has 4 aromatic rings. The Kier molecular flexibility index (Phi) is 7.71. The molecule has 37 heavy (non-hydrogen) atoms. The molecule has 1 aliphatic rings. The number of imidazole rings is 1. The molecule has 11 heteroatoms. The molecule has 5 rings (SSSR count). The molecule has 0 spiro atoms. The van der Waals surface area contributed by atoms with Gasteiger partial charge < -0.3 is 25.1 Å². The number of fused-ring (bicyclic) bond motifs is 2. The number of hydrogen-bond acceptors (Lipinski definition) is 8. The predicted octanol–water partition coefficient (Wildman–Crippen LogP) is 3.63. The summed E-state index contributed by atoms with van der Waals surface area (Å²) in [4.78, 5) is 31.3. The van der Waals surface area contributed by atoms with E-state index in [0.29, 0.717) is 53.2 Å². The minimum atomic E-state index is -0.522. The lowest BCUT2D eigenvalue weighted by molar-refractivity contribution is 0.0592. The number of para-hydroxylation sites is 1. The molecule has 1 saturated heterocycles. The largest absolute Gasteiger partial charge is 0.478 e. The Bertz CT molecular complexity index is 1370. The first-order valence-corrected chi connectivity index (χ1v) is 12.5. The molecule has 4 N–H and O–H groups in total. The Morgan fingerprint density at radius 3 is 2.84 bits per heavy atom. The highest BCUT2D eigenvalue weighted by molar-refractivity contribution is 5.96. The Hall–Kier alpha value is -3.83. The number of nitrogens with two attached hydrogens (primary N) is 1. The number of nitrogens with zero attached hydrogens (tertiary/aromatic N) is 4. The van der Waals surface area contributed by atoms with Gasteiger partial charge in [0, 0.05) is 38.3 Å². The number of halogens is 1. The van der Waals surface area contributed by atoms with E-state index in [1.165, 1.54) is 6.07 Å². The maximum atomic E-state index is 13.9. The van der Waals surface area contributed by atoms with Crippen molar-refractivity contribution < 1.29 is 18.7 Å². The van der Waals surface area contributed by atoms with Crippen molar-refractivity contribution in [2.24, 2.45) is 5.73 Å². The van der Waals surface area contributed by atoms with Crippen molar-refractivity contribution in [1.29, 1.82) is 0 Å². The van der Waals surface area contributed by atoms with Crippen LogP contribution in [0.4, 0.5) is 14.9 Å². The zero-order chi connectivity index (χ0) is 25.6. The normalized spacial score (nSPS) is 14.8. The lowest BCUT2D eigenvalue weighted by atomic mass is 10.1. The van der Waals surface area contributed by atoms with E-state index in [1.807, 2.05) is 6.07 Å². The average molecular weight is 508 g/mol. The minimum Gasteiger partial charge on any atom is -0.478 e. The number of nitrogens with one attached hydrogen (secondary N) is 2. The van der Waals surface area contributed by atoms with E-state index < -0.39 is 6.09 Å². The maximum absolute atomic E-state index is 13.9. The Balaban J connectivity index is 1.11. The summed E-state index contributed by atoms with van der Waals surface area (Å²) in [5.74, 6) is 0.901. The van der Waals surface area contributed by atoms with Gasteiger partial charge in [-0.15, -0.1) is 0 Å². The van der Waals surface area contributed by atoms with Crippen LogP contribution >= 0.6 is 0 Å². The molecular weight excluding hydrogens is 477 g/mol. The molecule has 0 aliphatic carbocycles. The zero-order valence-electron chi connectivity index (χ0n) is 20.5. The van der Waals surface area contributed by atoms with Gasteiger partial charge in [-0.2, -0.15) is 0 Å². The van der Waals surface area contributed by atoms with Gasteiger partial charge in [0.05, 0.1) is 23.3 Å². The number of pyridine rings is 2. The second-order valence-electron chi connectivity index (χ2n) is 9.01. The smallest absolute Gasteiger partial charge is 0.411 e. The second-order valence-corrected chi connectivity index (χ2v) is 9.01. The number of aromatic amines is 1. The van der Waals surface area contributed by atoms with Crippen molar-refractivity contribution in [1.82, 2.24) is 24.8 Å². The third kappa shape index (κ3) is 6.12. The van der Waals surface area contributed by atoms with E-state index >= 15 is 0 Å². The number of benzene rings is 1. The van der Waals surface area contributed by atoms with Crippen molar-refractivity contribution in [3.63, 3.8) is 0 Å². The summed E-state index contributed by atoms with van der Waals surface area (Å²) < 4.78 is 25.2. The molecule has 1 amide bonds. The van der Waals surface area contributed by atoms with Crippen molar-refractivity contribution in [2.45, 2.75) is 31.8 Å². The number of amides is 1. The fourth-order valence-electron chi connectivity index (χ4n) is 4.42. The van der Waals surface area contributed by atoms with Crippen LogP contribution in [0.5, 0.6) is 5.88 Å². The topological polar surface area (TPSA) is 131 Å². The predicted molar refractivity (Wildman–Crippen MR) is 138 cm³/mol. The highest BCUT2D eigenvalue weighted by Crippen LogP contribution is 2.23. The van der Waals surface area contributed by atoms with E-state index in [0.717, 1.165) is 44.7 Å². The van der Waals surface area contributed by atoms with E-state index in [9.17, 15) is 9.18 Å². The summed E-state index contributed by atoms with van der Waals surface area (Å²) in [5, 5.41) is 2.81. The fourth-order valence-corrected chi connectivity index (χ4v) is 4.42. The first-order valence-electron chi connectivity index (χ1n) is 12.5. The van der Waals surface area contributed by atoms with E-state index in [4.69, 9.17) is 15.2 Å². The van der Waals surface area contributed by atoms with Crippen molar-refractivity contribution >= 4 is 33.8 Å². The summed E-state index contributed by atoms with van der Waals surface area (Å²) in [7, 11) is 0. The summed E-state index contributed by atoms with van der Waals surface area (Å²) >= 11 is 0. The number of rotatable bonds is 9. The molecule has 0 bridgehead atoms. The molecule has 1 fully saturated rings. The molecule has 0 radical (unpaired) electrons. The van der Waals surface area contributed by atoms with Crippen molar-refractivity contribution in [2.75, 3.05) is 38.1 Å². The average Bonchev–Trinajstić information content (AvgIpc) is 3.33.